The number of hydrogen-bond donors (Lipinski definition) is 2. The lowest BCUT2D eigenvalue weighted by atomic mass is 10.3. The van der Waals surface area contributed by atoms with Gasteiger partial charge in [-0.3, -0.25) is 0 Å². The number of halogens is 2. The van der Waals surface area contributed by atoms with Crippen LogP contribution in [0.5, 0.6) is 0 Å². The summed E-state index contributed by atoms with van der Waals surface area (Å²) >= 11 is 0. The summed E-state index contributed by atoms with van der Waals surface area (Å²) < 4.78 is 49.9. The molecule has 0 spiro atoms. The van der Waals surface area contributed by atoms with Crippen molar-refractivity contribution >= 4 is 15.7 Å². The maximum absolute atomic E-state index is 13.0. The fraction of sp³-hybridized carbons (Fsp3) is 0.143. The van der Waals surface area contributed by atoms with E-state index in [1.165, 1.54) is 0 Å². The highest BCUT2D eigenvalue weighted by Crippen LogP contribution is 2.20. The number of nitrogen functional groups attached to an aromatic ring is 1. The smallest absolute Gasteiger partial charge is 0.243 e. The van der Waals surface area contributed by atoms with Crippen molar-refractivity contribution in [2.75, 3.05) is 12.8 Å². The zero-order chi connectivity index (χ0) is 10.9. The lowest BCUT2D eigenvalue weighted by Crippen LogP contribution is -2.20. The van der Waals surface area contributed by atoms with Gasteiger partial charge in [-0.1, -0.05) is 0 Å². The largest absolute Gasteiger partial charge is 0.399 e. The second-order valence-corrected chi connectivity index (χ2v) is 4.38. The molecule has 1 aromatic rings. The monoisotopic (exact) mass is 222 g/mol. The summed E-state index contributed by atoms with van der Waals surface area (Å²) in [6.07, 6.45) is 0. The number of sulfonamides is 1. The van der Waals surface area contributed by atoms with Crippen LogP contribution >= 0.6 is 0 Å². The van der Waals surface area contributed by atoms with Crippen molar-refractivity contribution in [3.63, 3.8) is 0 Å². The molecule has 0 saturated heterocycles. The first-order valence-corrected chi connectivity index (χ1v) is 5.05. The maximum atomic E-state index is 13.0. The topological polar surface area (TPSA) is 72.2 Å². The van der Waals surface area contributed by atoms with Gasteiger partial charge in [-0.2, -0.15) is 0 Å². The average Bonchev–Trinajstić information content (AvgIpc) is 2.11. The van der Waals surface area contributed by atoms with Gasteiger partial charge in [0.2, 0.25) is 10.0 Å². The highest BCUT2D eigenvalue weighted by atomic mass is 32.2. The maximum Gasteiger partial charge on any atom is 0.243 e. The minimum Gasteiger partial charge on any atom is -0.399 e. The van der Waals surface area contributed by atoms with Crippen LogP contribution in [0.2, 0.25) is 0 Å². The Balaban J connectivity index is 3.50. The normalized spacial score (nSPS) is 11.6. The van der Waals surface area contributed by atoms with Gasteiger partial charge in [-0.15, -0.1) is 0 Å². The number of benzene rings is 1. The standard InChI is InChI=1S/C7H8F2N2O2S/c1-11-14(12,13)6-3-4(10)2-5(8)7(6)9/h2-3,11H,10H2,1H3. The van der Waals surface area contributed by atoms with E-state index in [-0.39, 0.29) is 5.69 Å². The van der Waals surface area contributed by atoms with Gasteiger partial charge in [0, 0.05) is 5.69 Å². The summed E-state index contributed by atoms with van der Waals surface area (Å²) in [4.78, 5) is -0.794. The predicted octanol–water partition coefficient (Wildman–Crippen LogP) is 0.455. The molecule has 0 fully saturated rings. The molecule has 4 nitrogen and oxygen atoms in total. The number of rotatable bonds is 2. The summed E-state index contributed by atoms with van der Waals surface area (Å²) in [5, 5.41) is 0. The molecule has 0 aliphatic rings. The molecule has 0 heterocycles. The molecular weight excluding hydrogens is 214 g/mol. The van der Waals surface area contributed by atoms with Gasteiger partial charge in [-0.25, -0.2) is 21.9 Å². The Bertz CT molecular complexity index is 459. The molecule has 3 N–H and O–H groups in total. The van der Waals surface area contributed by atoms with Gasteiger partial charge in [0.1, 0.15) is 4.90 Å². The second kappa shape index (κ2) is 3.50. The Kier molecular flexibility index (Phi) is 2.72. The summed E-state index contributed by atoms with van der Waals surface area (Å²) in [5.41, 5.74) is 5.03. The van der Waals surface area contributed by atoms with E-state index in [2.05, 4.69) is 0 Å². The van der Waals surface area contributed by atoms with Crippen LogP contribution in [0.1, 0.15) is 0 Å². The zero-order valence-corrected chi connectivity index (χ0v) is 8.03. The molecule has 0 aliphatic carbocycles. The van der Waals surface area contributed by atoms with Gasteiger partial charge in [-0.05, 0) is 19.2 Å². The lowest BCUT2D eigenvalue weighted by molar-refractivity contribution is 0.484. The Hall–Kier alpha value is -1.21. The van der Waals surface area contributed by atoms with Crippen molar-refractivity contribution in [2.24, 2.45) is 0 Å². The summed E-state index contributed by atoms with van der Waals surface area (Å²) in [7, 11) is -2.93. The van der Waals surface area contributed by atoms with Crippen molar-refractivity contribution in [2.45, 2.75) is 4.90 Å². The Morgan fingerprint density at radius 3 is 2.43 bits per heavy atom. The SMILES string of the molecule is CNS(=O)(=O)c1cc(N)cc(F)c1F. The molecule has 78 valence electrons. The molecule has 1 aromatic carbocycles. The molecule has 0 radical (unpaired) electrons. The number of nitrogens with one attached hydrogen (secondary N) is 1. The number of anilines is 1. The molecule has 0 aromatic heterocycles. The van der Waals surface area contributed by atoms with Crippen molar-refractivity contribution in [1.82, 2.24) is 4.72 Å². The minimum atomic E-state index is -4.02. The number of nitrogens with two attached hydrogens (primary N) is 1. The fourth-order valence-electron chi connectivity index (χ4n) is 0.889. The van der Waals surface area contributed by atoms with Crippen LogP contribution in [0.3, 0.4) is 0 Å². The average molecular weight is 222 g/mol. The van der Waals surface area contributed by atoms with E-state index in [4.69, 9.17) is 5.73 Å². The third-order valence-corrected chi connectivity index (χ3v) is 2.99. The van der Waals surface area contributed by atoms with Crippen LogP contribution in [0.15, 0.2) is 17.0 Å². The summed E-state index contributed by atoms with van der Waals surface area (Å²) in [6, 6.07) is 1.56. The highest BCUT2D eigenvalue weighted by molar-refractivity contribution is 7.89. The molecular formula is C7H8F2N2O2S. The quantitative estimate of drug-likeness (QED) is 0.714. The minimum absolute atomic E-state index is 0.155. The van der Waals surface area contributed by atoms with E-state index in [1.54, 1.807) is 0 Å². The second-order valence-electron chi connectivity index (χ2n) is 2.52. The van der Waals surface area contributed by atoms with Crippen molar-refractivity contribution < 1.29 is 17.2 Å². The fourth-order valence-corrected chi connectivity index (χ4v) is 1.73. The van der Waals surface area contributed by atoms with Gasteiger partial charge >= 0.3 is 0 Å². The number of hydrogen-bond acceptors (Lipinski definition) is 3. The predicted molar refractivity (Wildman–Crippen MR) is 47.0 cm³/mol. The van der Waals surface area contributed by atoms with Crippen molar-refractivity contribution in [1.29, 1.82) is 0 Å². The molecule has 14 heavy (non-hydrogen) atoms. The van der Waals surface area contributed by atoms with E-state index in [0.29, 0.717) is 6.07 Å². The molecule has 0 amide bonds. The first-order valence-electron chi connectivity index (χ1n) is 3.56. The third kappa shape index (κ3) is 1.83. The van der Waals surface area contributed by atoms with E-state index in [1.807, 2.05) is 4.72 Å². The van der Waals surface area contributed by atoms with Gasteiger partial charge in [0.05, 0.1) is 0 Å². The highest BCUT2D eigenvalue weighted by Gasteiger charge is 2.20. The van der Waals surface area contributed by atoms with Crippen molar-refractivity contribution in [3.05, 3.63) is 23.8 Å². The van der Waals surface area contributed by atoms with Crippen LogP contribution in [-0.2, 0) is 10.0 Å². The molecule has 0 aliphatic heterocycles. The molecule has 1 rings (SSSR count). The molecule has 0 atom stereocenters. The van der Waals surface area contributed by atoms with Gasteiger partial charge < -0.3 is 5.73 Å². The third-order valence-electron chi connectivity index (χ3n) is 1.58. The van der Waals surface area contributed by atoms with Crippen LogP contribution in [0.4, 0.5) is 14.5 Å². The summed E-state index contributed by atoms with van der Waals surface area (Å²) in [5.74, 6) is -2.73. The van der Waals surface area contributed by atoms with Crippen LogP contribution in [0, 0.1) is 11.6 Å². The summed E-state index contributed by atoms with van der Waals surface area (Å²) in [6.45, 7) is 0. The first kappa shape index (κ1) is 10.9. The van der Waals surface area contributed by atoms with E-state index in [0.717, 1.165) is 13.1 Å². The van der Waals surface area contributed by atoms with Crippen LogP contribution in [-0.4, -0.2) is 15.5 Å². The molecule has 0 unspecified atom stereocenters. The van der Waals surface area contributed by atoms with Crippen LogP contribution < -0.4 is 10.5 Å². The Morgan fingerprint density at radius 1 is 1.36 bits per heavy atom. The van der Waals surface area contributed by atoms with E-state index >= 15 is 0 Å². The van der Waals surface area contributed by atoms with Gasteiger partial charge in [0.15, 0.2) is 11.6 Å². The van der Waals surface area contributed by atoms with Crippen LogP contribution in [0.25, 0.3) is 0 Å². The Morgan fingerprint density at radius 2 is 1.93 bits per heavy atom. The first-order chi connectivity index (χ1) is 6.38. The van der Waals surface area contributed by atoms with E-state index in [9.17, 15) is 17.2 Å². The van der Waals surface area contributed by atoms with E-state index < -0.39 is 26.6 Å². The lowest BCUT2D eigenvalue weighted by Gasteiger charge is -2.05. The Labute approximate surface area is 79.8 Å². The molecule has 0 saturated carbocycles. The van der Waals surface area contributed by atoms with Gasteiger partial charge in [0.25, 0.3) is 0 Å². The molecule has 0 bridgehead atoms. The zero-order valence-electron chi connectivity index (χ0n) is 7.21. The molecule has 7 heteroatoms. The van der Waals surface area contributed by atoms with Crippen molar-refractivity contribution in [3.8, 4) is 0 Å².